The van der Waals surface area contributed by atoms with Gasteiger partial charge in [-0.05, 0) is 24.1 Å². The van der Waals surface area contributed by atoms with Crippen molar-refractivity contribution in [3.63, 3.8) is 0 Å². The third kappa shape index (κ3) is 4.19. The summed E-state index contributed by atoms with van der Waals surface area (Å²) >= 11 is 0. The SMILES string of the molecule is COCCN1C[C@H]2[C@@H](C1)N(C(=O)Cc1cccc(F)c1)CC[C@H]2OC. The fourth-order valence-corrected chi connectivity index (χ4v) is 4.16. The Morgan fingerprint density at radius 2 is 2.16 bits per heavy atom. The molecule has 2 fully saturated rings. The molecule has 2 saturated heterocycles. The van der Waals surface area contributed by atoms with Gasteiger partial charge >= 0.3 is 0 Å². The van der Waals surface area contributed by atoms with E-state index in [0.29, 0.717) is 19.1 Å². The number of piperidine rings is 1. The first-order chi connectivity index (χ1) is 12.1. The smallest absolute Gasteiger partial charge is 0.227 e. The summed E-state index contributed by atoms with van der Waals surface area (Å²) in [4.78, 5) is 17.2. The maximum Gasteiger partial charge on any atom is 0.227 e. The normalized spacial score (nSPS) is 26.7. The largest absolute Gasteiger partial charge is 0.383 e. The summed E-state index contributed by atoms with van der Waals surface area (Å²) in [6.45, 7) is 4.03. The van der Waals surface area contributed by atoms with Gasteiger partial charge in [0.2, 0.25) is 5.91 Å². The van der Waals surface area contributed by atoms with Gasteiger partial charge in [0.25, 0.3) is 0 Å². The predicted octanol–water partition coefficient (Wildman–Crippen LogP) is 1.56. The van der Waals surface area contributed by atoms with Crippen LogP contribution in [0.25, 0.3) is 0 Å². The van der Waals surface area contributed by atoms with E-state index in [4.69, 9.17) is 9.47 Å². The van der Waals surface area contributed by atoms with Crippen LogP contribution in [0.2, 0.25) is 0 Å². The minimum absolute atomic E-state index is 0.0729. The molecule has 0 radical (unpaired) electrons. The Balaban J connectivity index is 1.69. The zero-order valence-corrected chi connectivity index (χ0v) is 15.0. The van der Waals surface area contributed by atoms with Gasteiger partial charge in [0, 0.05) is 46.3 Å². The first-order valence-electron chi connectivity index (χ1n) is 8.90. The molecule has 0 spiro atoms. The lowest BCUT2D eigenvalue weighted by Gasteiger charge is -2.41. The molecule has 0 bridgehead atoms. The summed E-state index contributed by atoms with van der Waals surface area (Å²) in [5, 5.41) is 0. The minimum Gasteiger partial charge on any atom is -0.383 e. The van der Waals surface area contributed by atoms with Gasteiger partial charge in [0.1, 0.15) is 5.82 Å². The highest BCUT2D eigenvalue weighted by Crippen LogP contribution is 2.32. The molecule has 3 atom stereocenters. The molecule has 2 aliphatic rings. The van der Waals surface area contributed by atoms with E-state index in [1.807, 2.05) is 4.90 Å². The average molecular weight is 350 g/mol. The molecule has 25 heavy (non-hydrogen) atoms. The van der Waals surface area contributed by atoms with Crippen LogP contribution in [-0.2, 0) is 20.7 Å². The maximum absolute atomic E-state index is 13.4. The summed E-state index contributed by atoms with van der Waals surface area (Å²) < 4.78 is 24.2. The summed E-state index contributed by atoms with van der Waals surface area (Å²) in [5.41, 5.74) is 0.727. The predicted molar refractivity (Wildman–Crippen MR) is 92.8 cm³/mol. The number of nitrogens with zero attached hydrogens (tertiary/aromatic N) is 2. The number of amides is 1. The second-order valence-electron chi connectivity index (χ2n) is 6.94. The Labute approximate surface area is 148 Å². The number of methoxy groups -OCH3 is 2. The van der Waals surface area contributed by atoms with Crippen LogP contribution in [0.4, 0.5) is 4.39 Å². The number of ether oxygens (including phenoxy) is 2. The molecule has 5 nitrogen and oxygen atoms in total. The van der Waals surface area contributed by atoms with E-state index in [1.165, 1.54) is 12.1 Å². The van der Waals surface area contributed by atoms with Crippen LogP contribution in [0.15, 0.2) is 24.3 Å². The molecule has 0 unspecified atom stereocenters. The van der Waals surface area contributed by atoms with Crippen molar-refractivity contribution in [3.05, 3.63) is 35.6 Å². The fraction of sp³-hybridized carbons (Fsp3) is 0.632. The average Bonchev–Trinajstić information content (AvgIpc) is 3.03. The summed E-state index contributed by atoms with van der Waals surface area (Å²) in [7, 11) is 3.46. The molecule has 0 aliphatic carbocycles. The molecule has 2 aliphatic heterocycles. The van der Waals surface area contributed by atoms with Gasteiger partial charge in [-0.3, -0.25) is 9.69 Å². The Morgan fingerprint density at radius 1 is 1.32 bits per heavy atom. The van der Waals surface area contributed by atoms with Crippen molar-refractivity contribution in [2.75, 3.05) is 47.0 Å². The van der Waals surface area contributed by atoms with Crippen molar-refractivity contribution in [2.24, 2.45) is 5.92 Å². The highest BCUT2D eigenvalue weighted by atomic mass is 19.1. The van der Waals surface area contributed by atoms with E-state index in [1.54, 1.807) is 26.4 Å². The van der Waals surface area contributed by atoms with Gasteiger partial charge in [-0.15, -0.1) is 0 Å². The van der Waals surface area contributed by atoms with E-state index in [2.05, 4.69) is 4.90 Å². The van der Waals surface area contributed by atoms with E-state index in [9.17, 15) is 9.18 Å². The van der Waals surface area contributed by atoms with Crippen molar-refractivity contribution in [3.8, 4) is 0 Å². The van der Waals surface area contributed by atoms with Crippen molar-refractivity contribution in [1.82, 2.24) is 9.80 Å². The molecule has 0 N–H and O–H groups in total. The number of benzene rings is 1. The second kappa shape index (κ2) is 8.25. The summed E-state index contributed by atoms with van der Waals surface area (Å²) in [6.07, 6.45) is 1.29. The Bertz CT molecular complexity index is 598. The van der Waals surface area contributed by atoms with Crippen LogP contribution in [0.3, 0.4) is 0 Å². The lowest BCUT2D eigenvalue weighted by Crippen LogP contribution is -2.54. The Kier molecular flexibility index (Phi) is 6.04. The van der Waals surface area contributed by atoms with Crippen molar-refractivity contribution < 1.29 is 18.7 Å². The number of carbonyl (C=O) groups excluding carboxylic acids is 1. The molecule has 2 heterocycles. The third-order valence-electron chi connectivity index (χ3n) is 5.42. The molecule has 0 saturated carbocycles. The second-order valence-corrected chi connectivity index (χ2v) is 6.94. The number of carbonyl (C=O) groups is 1. The quantitative estimate of drug-likeness (QED) is 0.781. The van der Waals surface area contributed by atoms with E-state index < -0.39 is 0 Å². The van der Waals surface area contributed by atoms with Crippen molar-refractivity contribution >= 4 is 5.91 Å². The molecule has 1 aromatic carbocycles. The third-order valence-corrected chi connectivity index (χ3v) is 5.42. The molecular formula is C19H27FN2O3. The summed E-state index contributed by atoms with van der Waals surface area (Å²) in [6, 6.07) is 6.46. The molecule has 1 amide bonds. The van der Waals surface area contributed by atoms with Gasteiger partial charge in [-0.2, -0.15) is 0 Å². The standard InChI is InChI=1S/C19H27FN2O3/c1-24-9-8-21-12-16-17(13-21)22(7-6-18(16)25-2)19(23)11-14-4-3-5-15(20)10-14/h3-5,10,16-18H,6-9,11-13H2,1-2H3/t16-,17+,18+/m0/s1. The number of rotatable bonds is 6. The Hall–Kier alpha value is -1.50. The van der Waals surface area contributed by atoms with Crippen LogP contribution in [0, 0.1) is 11.7 Å². The summed E-state index contributed by atoms with van der Waals surface area (Å²) in [5.74, 6) is 0.101. The van der Waals surface area contributed by atoms with Crippen LogP contribution in [0.1, 0.15) is 12.0 Å². The lowest BCUT2D eigenvalue weighted by molar-refractivity contribution is -0.138. The number of hydrogen-bond donors (Lipinski definition) is 0. The van der Waals surface area contributed by atoms with Crippen LogP contribution in [-0.4, -0.2) is 74.9 Å². The first kappa shape index (κ1) is 18.3. The topological polar surface area (TPSA) is 42.0 Å². The van der Waals surface area contributed by atoms with Gasteiger partial charge in [0.15, 0.2) is 0 Å². The fourth-order valence-electron chi connectivity index (χ4n) is 4.16. The number of likely N-dealkylation sites (tertiary alicyclic amines) is 2. The van der Waals surface area contributed by atoms with Crippen molar-refractivity contribution in [1.29, 1.82) is 0 Å². The molecule has 1 aromatic rings. The van der Waals surface area contributed by atoms with Crippen LogP contribution >= 0.6 is 0 Å². The van der Waals surface area contributed by atoms with Crippen LogP contribution < -0.4 is 0 Å². The van der Waals surface area contributed by atoms with Gasteiger partial charge in [-0.1, -0.05) is 12.1 Å². The zero-order chi connectivity index (χ0) is 17.8. The zero-order valence-electron chi connectivity index (χ0n) is 15.0. The Morgan fingerprint density at radius 3 is 2.88 bits per heavy atom. The van der Waals surface area contributed by atoms with E-state index >= 15 is 0 Å². The minimum atomic E-state index is -0.298. The highest BCUT2D eigenvalue weighted by molar-refractivity contribution is 5.79. The highest BCUT2D eigenvalue weighted by Gasteiger charge is 2.45. The molecule has 3 rings (SSSR count). The molecule has 138 valence electrons. The van der Waals surface area contributed by atoms with Gasteiger partial charge < -0.3 is 14.4 Å². The van der Waals surface area contributed by atoms with E-state index in [0.717, 1.165) is 31.6 Å². The van der Waals surface area contributed by atoms with Crippen molar-refractivity contribution in [2.45, 2.75) is 25.0 Å². The molecule has 6 heteroatoms. The van der Waals surface area contributed by atoms with Gasteiger partial charge in [-0.25, -0.2) is 4.39 Å². The monoisotopic (exact) mass is 350 g/mol. The number of halogens is 1. The number of hydrogen-bond acceptors (Lipinski definition) is 4. The molecular weight excluding hydrogens is 323 g/mol. The van der Waals surface area contributed by atoms with Crippen LogP contribution in [0.5, 0.6) is 0 Å². The first-order valence-corrected chi connectivity index (χ1v) is 8.90. The number of fused-ring (bicyclic) bond motifs is 1. The maximum atomic E-state index is 13.4. The van der Waals surface area contributed by atoms with Gasteiger partial charge in [0.05, 0.1) is 25.2 Å². The van der Waals surface area contributed by atoms with E-state index in [-0.39, 0.29) is 30.3 Å². The lowest BCUT2D eigenvalue weighted by atomic mass is 9.88. The molecule has 0 aromatic heterocycles.